The fourth-order valence-electron chi connectivity index (χ4n) is 3.02. The Labute approximate surface area is 207 Å². The molecule has 1 rings (SSSR count). The molecule has 0 saturated carbocycles. The summed E-state index contributed by atoms with van der Waals surface area (Å²) in [5, 5.41) is 7.18. The van der Waals surface area contributed by atoms with Gasteiger partial charge in [0.05, 0.1) is 0 Å². The Morgan fingerprint density at radius 1 is 0.917 bits per heavy atom. The zero-order valence-corrected chi connectivity index (χ0v) is 19.9. The van der Waals surface area contributed by atoms with Crippen LogP contribution in [-0.2, 0) is 24.0 Å². The molecule has 1 aromatic rings. The lowest BCUT2D eigenvalue weighted by atomic mass is 10.1. The average molecular weight is 511 g/mol. The van der Waals surface area contributed by atoms with Crippen LogP contribution in [-0.4, -0.2) is 54.2 Å². The average Bonchev–Trinajstić information content (AvgIpc) is 2.81. The highest BCUT2D eigenvalue weighted by Crippen LogP contribution is 2.10. The Morgan fingerprint density at radius 2 is 1.56 bits per heavy atom. The van der Waals surface area contributed by atoms with Gasteiger partial charge in [-0.05, 0) is 62.9 Å². The minimum absolute atomic E-state index is 0.155. The molecule has 0 fully saturated rings. The fourth-order valence-corrected chi connectivity index (χ4v) is 3.02. The minimum Gasteiger partial charge on any atom is -0.368 e. The lowest BCUT2D eigenvalue weighted by Gasteiger charge is -2.20. The van der Waals surface area contributed by atoms with E-state index in [1.807, 2.05) is 0 Å². The van der Waals surface area contributed by atoms with E-state index in [1.165, 1.54) is 19.1 Å². The van der Waals surface area contributed by atoms with Crippen LogP contribution in [0.3, 0.4) is 0 Å². The van der Waals surface area contributed by atoms with Crippen molar-refractivity contribution in [1.82, 2.24) is 16.0 Å². The molecule has 0 aliphatic heterocycles. The molecular weight excluding hydrogens is 478 g/mol. The molecule has 5 amide bonds. The van der Waals surface area contributed by atoms with Crippen molar-refractivity contribution in [3.63, 3.8) is 0 Å². The number of carbonyl (C=O) groups is 5. The van der Waals surface area contributed by atoms with Crippen LogP contribution in [0.4, 0.5) is 8.78 Å². The third-order valence-corrected chi connectivity index (χ3v) is 5.07. The second-order valence-corrected chi connectivity index (χ2v) is 8.05. The molecule has 0 radical (unpaired) electrons. The van der Waals surface area contributed by atoms with E-state index in [1.54, 1.807) is 0 Å². The highest BCUT2D eigenvalue weighted by molar-refractivity contribution is 5.96. The van der Waals surface area contributed by atoms with Gasteiger partial charge in [-0.1, -0.05) is 6.07 Å². The van der Waals surface area contributed by atoms with Crippen LogP contribution in [0, 0.1) is 11.6 Å². The number of rotatable bonds is 15. The Morgan fingerprint density at radius 3 is 2.14 bits per heavy atom. The molecule has 198 valence electrons. The van der Waals surface area contributed by atoms with Gasteiger partial charge in [-0.15, -0.1) is 0 Å². The molecule has 36 heavy (non-hydrogen) atoms. The van der Waals surface area contributed by atoms with Gasteiger partial charge in [-0.25, -0.2) is 8.78 Å². The van der Waals surface area contributed by atoms with Crippen LogP contribution in [0.25, 0.3) is 6.08 Å². The standard InChI is InChI=1S/C23H32F2N6O5/c1-13(29-19(32)9-6-14-5-7-15(24)16(25)12-14)23(36)31-18(22(28)35)8-10-20(33)30-17(21(27)34)4-2-3-11-26/h5-7,9,12-13,17-18H,2-4,8,10-11,26H2,1H3,(H2,27,34)(H2,28,35)(H,29,32)(H,30,33)(H,31,36). The number of halogens is 2. The number of hydrogen-bond acceptors (Lipinski definition) is 6. The lowest BCUT2D eigenvalue weighted by molar-refractivity contribution is -0.131. The van der Waals surface area contributed by atoms with Crippen LogP contribution in [0.15, 0.2) is 24.3 Å². The van der Waals surface area contributed by atoms with Gasteiger partial charge in [0.1, 0.15) is 18.1 Å². The van der Waals surface area contributed by atoms with Gasteiger partial charge in [-0.3, -0.25) is 24.0 Å². The second-order valence-electron chi connectivity index (χ2n) is 8.05. The molecule has 9 N–H and O–H groups in total. The van der Waals surface area contributed by atoms with Gasteiger partial charge >= 0.3 is 0 Å². The van der Waals surface area contributed by atoms with E-state index in [4.69, 9.17) is 17.2 Å². The van der Waals surface area contributed by atoms with E-state index < -0.39 is 59.3 Å². The minimum atomic E-state index is -1.22. The van der Waals surface area contributed by atoms with Gasteiger partial charge < -0.3 is 33.2 Å². The Balaban J connectivity index is 2.59. The smallest absolute Gasteiger partial charge is 0.244 e. The molecule has 0 heterocycles. The molecule has 1 aromatic carbocycles. The quantitative estimate of drug-likeness (QED) is 0.133. The molecule has 0 saturated heterocycles. The summed E-state index contributed by atoms with van der Waals surface area (Å²) in [4.78, 5) is 59.9. The van der Waals surface area contributed by atoms with Crippen molar-refractivity contribution in [3.05, 3.63) is 41.5 Å². The summed E-state index contributed by atoms with van der Waals surface area (Å²) in [6, 6.07) is -0.134. The van der Waals surface area contributed by atoms with Crippen molar-refractivity contribution in [2.75, 3.05) is 6.54 Å². The van der Waals surface area contributed by atoms with E-state index >= 15 is 0 Å². The Bertz CT molecular complexity index is 988. The zero-order chi connectivity index (χ0) is 27.3. The van der Waals surface area contributed by atoms with Crippen molar-refractivity contribution < 1.29 is 32.8 Å². The van der Waals surface area contributed by atoms with Crippen LogP contribution in [0.2, 0.25) is 0 Å². The van der Waals surface area contributed by atoms with Crippen molar-refractivity contribution in [3.8, 4) is 0 Å². The second kappa shape index (κ2) is 15.2. The van der Waals surface area contributed by atoms with Crippen molar-refractivity contribution in [2.24, 2.45) is 17.2 Å². The van der Waals surface area contributed by atoms with Gasteiger partial charge in [0.25, 0.3) is 0 Å². The first-order valence-corrected chi connectivity index (χ1v) is 11.3. The number of benzene rings is 1. The van der Waals surface area contributed by atoms with Crippen LogP contribution < -0.4 is 33.2 Å². The van der Waals surface area contributed by atoms with Gasteiger partial charge in [0.2, 0.25) is 29.5 Å². The third-order valence-electron chi connectivity index (χ3n) is 5.07. The molecule has 0 bridgehead atoms. The summed E-state index contributed by atoms with van der Waals surface area (Å²) in [6.07, 6.45) is 3.42. The van der Waals surface area contributed by atoms with Crippen molar-refractivity contribution in [2.45, 2.75) is 57.2 Å². The molecule has 3 atom stereocenters. The number of hydrogen-bond donors (Lipinski definition) is 6. The molecule has 11 nitrogen and oxygen atoms in total. The predicted molar refractivity (Wildman–Crippen MR) is 127 cm³/mol. The maximum atomic E-state index is 13.2. The normalized spacial score (nSPS) is 13.4. The SMILES string of the molecule is CC(NC(=O)C=Cc1ccc(F)c(F)c1)C(=O)NC(CCC(=O)NC(CCCCN)C(N)=O)C(N)=O. The molecule has 0 aliphatic carbocycles. The molecule has 0 aliphatic rings. The summed E-state index contributed by atoms with van der Waals surface area (Å²) < 4.78 is 26.2. The summed E-state index contributed by atoms with van der Waals surface area (Å²) in [7, 11) is 0. The van der Waals surface area contributed by atoms with E-state index in [0.29, 0.717) is 25.8 Å². The Hall–Kier alpha value is -3.87. The van der Waals surface area contributed by atoms with Crippen LogP contribution >= 0.6 is 0 Å². The van der Waals surface area contributed by atoms with Gasteiger partial charge in [0.15, 0.2) is 11.6 Å². The van der Waals surface area contributed by atoms with Crippen LogP contribution in [0.1, 0.15) is 44.6 Å². The van der Waals surface area contributed by atoms with Crippen molar-refractivity contribution >= 4 is 35.6 Å². The molecule has 3 unspecified atom stereocenters. The number of primary amides is 2. The summed E-state index contributed by atoms with van der Waals surface area (Å²) in [6.45, 7) is 1.78. The number of amides is 5. The maximum Gasteiger partial charge on any atom is 0.244 e. The monoisotopic (exact) mass is 510 g/mol. The highest BCUT2D eigenvalue weighted by atomic mass is 19.2. The van der Waals surface area contributed by atoms with Gasteiger partial charge in [-0.2, -0.15) is 0 Å². The molecule has 13 heteroatoms. The number of carbonyl (C=O) groups excluding carboxylic acids is 5. The first kappa shape index (κ1) is 30.2. The number of nitrogens with one attached hydrogen (secondary N) is 3. The summed E-state index contributed by atoms with van der Waals surface area (Å²) >= 11 is 0. The number of unbranched alkanes of at least 4 members (excludes halogenated alkanes) is 1. The van der Waals surface area contributed by atoms with Crippen molar-refractivity contribution in [1.29, 1.82) is 0 Å². The number of nitrogens with two attached hydrogens (primary N) is 3. The van der Waals surface area contributed by atoms with Crippen LogP contribution in [0.5, 0.6) is 0 Å². The third kappa shape index (κ3) is 11.0. The van der Waals surface area contributed by atoms with E-state index in [-0.39, 0.29) is 18.4 Å². The molecule has 0 spiro atoms. The topological polar surface area (TPSA) is 200 Å². The lowest BCUT2D eigenvalue weighted by Crippen LogP contribution is -2.52. The zero-order valence-electron chi connectivity index (χ0n) is 19.9. The molecular formula is C23H32F2N6O5. The molecule has 0 aromatic heterocycles. The summed E-state index contributed by atoms with van der Waals surface area (Å²) in [5.74, 6) is -5.72. The van der Waals surface area contributed by atoms with E-state index in [0.717, 1.165) is 18.2 Å². The Kier molecular flexibility index (Phi) is 12.7. The van der Waals surface area contributed by atoms with Gasteiger partial charge in [0, 0.05) is 12.5 Å². The first-order valence-electron chi connectivity index (χ1n) is 11.3. The predicted octanol–water partition coefficient (Wildman–Crippen LogP) is -0.668. The van der Waals surface area contributed by atoms with E-state index in [2.05, 4.69) is 16.0 Å². The maximum absolute atomic E-state index is 13.2. The van der Waals surface area contributed by atoms with E-state index in [9.17, 15) is 32.8 Å². The first-order chi connectivity index (χ1) is 16.9. The largest absolute Gasteiger partial charge is 0.368 e. The summed E-state index contributed by atoms with van der Waals surface area (Å²) in [5.41, 5.74) is 16.2. The fraction of sp³-hybridized carbons (Fsp3) is 0.435. The highest BCUT2D eigenvalue weighted by Gasteiger charge is 2.24.